The average Bonchev–Trinajstić information content (AvgIpc) is 2.72. The van der Waals surface area contributed by atoms with Crippen LogP contribution in [0.3, 0.4) is 0 Å². The average molecular weight is 294 g/mol. The Hall–Kier alpha value is -1.69. The van der Waals surface area contributed by atoms with Crippen LogP contribution in [0.2, 0.25) is 0 Å². The minimum absolute atomic E-state index is 0.0114. The van der Waals surface area contributed by atoms with Crippen molar-refractivity contribution >= 4 is 27.7 Å². The Kier molecular flexibility index (Phi) is 4.89. The quantitative estimate of drug-likeness (QED) is 0.606. The highest BCUT2D eigenvalue weighted by Crippen LogP contribution is 2.15. The van der Waals surface area contributed by atoms with Gasteiger partial charge in [-0.1, -0.05) is 0 Å². The molecule has 0 aliphatic carbocycles. The van der Waals surface area contributed by atoms with Gasteiger partial charge in [-0.2, -0.15) is 0 Å². The van der Waals surface area contributed by atoms with Gasteiger partial charge in [0.15, 0.2) is 0 Å². The number of ether oxygens (including phenoxy) is 1. The van der Waals surface area contributed by atoms with Crippen LogP contribution < -0.4 is 5.56 Å². The third-order valence-corrected chi connectivity index (χ3v) is 4.01. The molecule has 0 saturated heterocycles. The summed E-state index contributed by atoms with van der Waals surface area (Å²) >= 11 is 1.38. The smallest absolute Gasteiger partial charge is 0.305 e. The second-order valence-electron chi connectivity index (χ2n) is 4.63. The third-order valence-electron chi connectivity index (χ3n) is 2.94. The lowest BCUT2D eigenvalue weighted by Crippen LogP contribution is -2.13. The summed E-state index contributed by atoms with van der Waals surface area (Å²) in [6.07, 6.45) is 3.69. The van der Waals surface area contributed by atoms with Gasteiger partial charge in [0.05, 0.1) is 12.0 Å². The molecule has 0 aromatic carbocycles. The zero-order valence-corrected chi connectivity index (χ0v) is 12.5. The third kappa shape index (κ3) is 3.45. The fraction of sp³-hybridized carbons (Fsp3) is 0.500. The molecule has 6 heteroatoms. The lowest BCUT2D eigenvalue weighted by Gasteiger charge is -2.01. The molecule has 0 unspecified atom stereocenters. The molecule has 2 rings (SSSR count). The van der Waals surface area contributed by atoms with Gasteiger partial charge in [-0.25, -0.2) is 4.98 Å². The number of carbonyl (C=O) groups is 1. The maximum atomic E-state index is 12.2. The van der Waals surface area contributed by atoms with Crippen LogP contribution in [-0.2, 0) is 16.1 Å². The van der Waals surface area contributed by atoms with E-state index < -0.39 is 0 Å². The van der Waals surface area contributed by atoms with Crippen LogP contribution in [0.5, 0.6) is 0 Å². The van der Waals surface area contributed by atoms with Gasteiger partial charge in [0.25, 0.3) is 5.56 Å². The van der Waals surface area contributed by atoms with E-state index in [1.165, 1.54) is 11.5 Å². The minimum Gasteiger partial charge on any atom is -0.466 e. The van der Waals surface area contributed by atoms with Gasteiger partial charge >= 0.3 is 5.97 Å². The van der Waals surface area contributed by atoms with Crippen LogP contribution in [-0.4, -0.2) is 21.5 Å². The maximum absolute atomic E-state index is 12.2. The van der Waals surface area contributed by atoms with E-state index in [2.05, 4.69) is 4.98 Å². The highest BCUT2D eigenvalue weighted by Gasteiger charge is 2.09. The number of hydrogen-bond acceptors (Lipinski definition) is 5. The van der Waals surface area contributed by atoms with E-state index in [1.807, 2.05) is 13.0 Å². The zero-order valence-electron chi connectivity index (χ0n) is 11.7. The summed E-state index contributed by atoms with van der Waals surface area (Å²) in [5, 5.41) is 0.681. The van der Waals surface area contributed by atoms with Gasteiger partial charge in [0.2, 0.25) is 0 Å². The first-order chi connectivity index (χ1) is 9.61. The Bertz CT molecular complexity index is 660. The summed E-state index contributed by atoms with van der Waals surface area (Å²) in [4.78, 5) is 28.4. The van der Waals surface area contributed by atoms with Crippen molar-refractivity contribution in [3.63, 3.8) is 0 Å². The van der Waals surface area contributed by atoms with E-state index in [4.69, 9.17) is 4.74 Å². The summed E-state index contributed by atoms with van der Waals surface area (Å²) < 4.78 is 6.57. The number of nitrogens with zero attached hydrogens (tertiary/aromatic N) is 2. The number of unbranched alkanes of at least 4 members (excludes halogenated alkanes) is 1. The summed E-state index contributed by atoms with van der Waals surface area (Å²) in [7, 11) is 0. The van der Waals surface area contributed by atoms with Crippen LogP contribution in [0, 0.1) is 6.92 Å². The second-order valence-corrected chi connectivity index (χ2v) is 5.64. The van der Waals surface area contributed by atoms with Crippen molar-refractivity contribution in [2.45, 2.75) is 39.7 Å². The van der Waals surface area contributed by atoms with E-state index in [9.17, 15) is 9.59 Å². The number of esters is 1. The van der Waals surface area contributed by atoms with Crippen molar-refractivity contribution < 1.29 is 9.53 Å². The molecule has 0 atom stereocenters. The van der Waals surface area contributed by atoms with Crippen LogP contribution in [0.1, 0.15) is 31.7 Å². The predicted octanol–water partition coefficient (Wildman–Crippen LogP) is 2.50. The maximum Gasteiger partial charge on any atom is 0.305 e. The number of aromatic nitrogens is 2. The monoisotopic (exact) mass is 294 g/mol. The fourth-order valence-electron chi connectivity index (χ4n) is 1.97. The van der Waals surface area contributed by atoms with Crippen molar-refractivity contribution in [1.82, 2.24) is 8.94 Å². The minimum atomic E-state index is -0.173. The SMILES string of the molecule is CCOC(=O)CCCCn1sc2ncc(C)cc2c1=O. The van der Waals surface area contributed by atoms with Gasteiger partial charge in [0, 0.05) is 19.2 Å². The molecular formula is C14H18N2O3S. The zero-order chi connectivity index (χ0) is 14.5. The first-order valence-electron chi connectivity index (χ1n) is 6.74. The Morgan fingerprint density at radius 3 is 3.00 bits per heavy atom. The van der Waals surface area contributed by atoms with E-state index >= 15 is 0 Å². The molecule has 0 fully saturated rings. The highest BCUT2D eigenvalue weighted by molar-refractivity contribution is 7.13. The number of pyridine rings is 1. The number of aryl methyl sites for hydroxylation is 2. The Labute approximate surface area is 121 Å². The lowest BCUT2D eigenvalue weighted by molar-refractivity contribution is -0.143. The molecule has 5 nitrogen and oxygen atoms in total. The van der Waals surface area contributed by atoms with Crippen molar-refractivity contribution in [3.8, 4) is 0 Å². The molecule has 0 N–H and O–H groups in total. The standard InChI is InChI=1S/C14H18N2O3S/c1-3-19-12(17)6-4-5-7-16-14(18)11-8-10(2)9-15-13(11)20-16/h8-9H,3-7H2,1-2H3. The Balaban J connectivity index is 1.95. The molecule has 0 radical (unpaired) electrons. The molecule has 0 aliphatic rings. The lowest BCUT2D eigenvalue weighted by atomic mass is 10.2. The topological polar surface area (TPSA) is 61.2 Å². The fourth-order valence-corrected chi connectivity index (χ4v) is 2.92. The van der Waals surface area contributed by atoms with E-state index in [-0.39, 0.29) is 11.5 Å². The molecule has 0 aliphatic heterocycles. The number of carbonyl (C=O) groups excluding carboxylic acids is 1. The number of hydrogen-bond donors (Lipinski definition) is 0. The van der Waals surface area contributed by atoms with E-state index in [0.717, 1.165) is 23.2 Å². The molecule has 0 saturated carbocycles. The Morgan fingerprint density at radius 2 is 2.25 bits per heavy atom. The van der Waals surface area contributed by atoms with Crippen molar-refractivity contribution in [2.24, 2.45) is 0 Å². The molecule has 0 amide bonds. The van der Waals surface area contributed by atoms with Crippen molar-refractivity contribution in [3.05, 3.63) is 28.2 Å². The largest absolute Gasteiger partial charge is 0.466 e. The van der Waals surface area contributed by atoms with Crippen LogP contribution in [0.4, 0.5) is 0 Å². The first-order valence-corrected chi connectivity index (χ1v) is 7.51. The molecule has 20 heavy (non-hydrogen) atoms. The molecule has 0 bridgehead atoms. The summed E-state index contributed by atoms with van der Waals surface area (Å²) in [5.41, 5.74) is 0.999. The summed E-state index contributed by atoms with van der Waals surface area (Å²) in [6.45, 7) is 4.76. The van der Waals surface area contributed by atoms with Crippen molar-refractivity contribution in [1.29, 1.82) is 0 Å². The summed E-state index contributed by atoms with van der Waals surface area (Å²) in [5.74, 6) is -0.173. The second kappa shape index (κ2) is 6.65. The van der Waals surface area contributed by atoms with E-state index in [0.29, 0.717) is 25.0 Å². The normalized spacial score (nSPS) is 10.9. The van der Waals surface area contributed by atoms with Crippen LogP contribution in [0.25, 0.3) is 10.2 Å². The van der Waals surface area contributed by atoms with Gasteiger partial charge in [-0.15, -0.1) is 0 Å². The van der Waals surface area contributed by atoms with Gasteiger partial charge in [-0.05, 0) is 49.9 Å². The predicted molar refractivity (Wildman–Crippen MR) is 79.1 cm³/mol. The van der Waals surface area contributed by atoms with Crippen molar-refractivity contribution in [2.75, 3.05) is 6.61 Å². The van der Waals surface area contributed by atoms with Crippen LogP contribution in [0.15, 0.2) is 17.1 Å². The van der Waals surface area contributed by atoms with Gasteiger partial charge in [0.1, 0.15) is 4.83 Å². The van der Waals surface area contributed by atoms with Gasteiger partial charge < -0.3 is 4.74 Å². The molecule has 2 aromatic rings. The molecule has 2 aromatic heterocycles. The molecule has 108 valence electrons. The summed E-state index contributed by atoms with van der Waals surface area (Å²) in [6, 6.07) is 1.87. The van der Waals surface area contributed by atoms with E-state index in [1.54, 1.807) is 17.1 Å². The first kappa shape index (κ1) is 14.7. The van der Waals surface area contributed by atoms with Gasteiger partial charge in [-0.3, -0.25) is 13.5 Å². The molecule has 0 spiro atoms. The molecule has 2 heterocycles. The highest BCUT2D eigenvalue weighted by atomic mass is 32.1. The number of rotatable bonds is 6. The Morgan fingerprint density at radius 1 is 1.45 bits per heavy atom. The van der Waals surface area contributed by atoms with Crippen LogP contribution >= 0.6 is 11.5 Å². The number of fused-ring (bicyclic) bond motifs is 1. The molecular weight excluding hydrogens is 276 g/mol.